The van der Waals surface area contributed by atoms with Crippen LogP contribution in [0.3, 0.4) is 0 Å². The van der Waals surface area contributed by atoms with E-state index < -0.39 is 0 Å². The number of likely N-dealkylation sites (tertiary alicyclic amines) is 1. The van der Waals surface area contributed by atoms with Crippen LogP contribution in [0.4, 0.5) is 4.39 Å². The Morgan fingerprint density at radius 1 is 1.20 bits per heavy atom. The number of hydrogen-bond acceptors (Lipinski definition) is 2. The molecule has 0 aromatic heterocycles. The molecule has 1 fully saturated rings. The van der Waals surface area contributed by atoms with Gasteiger partial charge in [0.25, 0.3) is 5.91 Å². The van der Waals surface area contributed by atoms with Crippen LogP contribution in [-0.4, -0.2) is 35.6 Å². The topological polar surface area (TPSA) is 40.5 Å². The van der Waals surface area contributed by atoms with E-state index in [0.29, 0.717) is 19.5 Å². The molecule has 25 heavy (non-hydrogen) atoms. The van der Waals surface area contributed by atoms with Crippen LogP contribution in [0.5, 0.6) is 0 Å². The minimum Gasteiger partial charge on any atom is -0.396 e. The lowest BCUT2D eigenvalue weighted by Crippen LogP contribution is -2.49. The molecular weight excluding hydrogens is 317 g/mol. The molecule has 0 aliphatic carbocycles. The van der Waals surface area contributed by atoms with E-state index in [2.05, 4.69) is 0 Å². The Labute approximate surface area is 148 Å². The largest absolute Gasteiger partial charge is 0.396 e. The number of carbonyl (C=O) groups is 1. The molecule has 0 saturated carbocycles. The number of nitrogens with zero attached hydrogens (tertiary/aromatic N) is 1. The molecule has 3 nitrogen and oxygen atoms in total. The quantitative estimate of drug-likeness (QED) is 0.923. The predicted molar refractivity (Wildman–Crippen MR) is 95.9 cm³/mol. The van der Waals surface area contributed by atoms with Crippen molar-refractivity contribution >= 4 is 5.91 Å². The first-order valence-electron chi connectivity index (χ1n) is 8.73. The fourth-order valence-electron chi connectivity index (χ4n) is 3.73. The number of piperidine rings is 1. The number of aliphatic hydroxyl groups is 1. The van der Waals surface area contributed by atoms with Crippen molar-refractivity contribution in [2.45, 2.75) is 26.2 Å². The Balaban J connectivity index is 1.79. The highest BCUT2D eigenvalue weighted by Gasteiger charge is 2.37. The van der Waals surface area contributed by atoms with Crippen LogP contribution in [0.15, 0.2) is 48.5 Å². The summed E-state index contributed by atoms with van der Waals surface area (Å²) in [5.74, 6) is -0.239. The van der Waals surface area contributed by atoms with Crippen LogP contribution in [0, 0.1) is 18.2 Å². The maximum atomic E-state index is 13.1. The zero-order valence-corrected chi connectivity index (χ0v) is 14.5. The van der Waals surface area contributed by atoms with Gasteiger partial charge in [-0.3, -0.25) is 4.79 Å². The normalized spacial score (nSPS) is 20.5. The third-order valence-electron chi connectivity index (χ3n) is 5.15. The molecule has 1 N–H and O–H groups in total. The molecule has 0 spiro atoms. The van der Waals surface area contributed by atoms with Crippen molar-refractivity contribution in [3.05, 3.63) is 71.0 Å². The monoisotopic (exact) mass is 341 g/mol. The number of rotatable bonds is 4. The van der Waals surface area contributed by atoms with Gasteiger partial charge in [-0.25, -0.2) is 4.39 Å². The second-order valence-corrected chi connectivity index (χ2v) is 7.11. The van der Waals surface area contributed by atoms with Gasteiger partial charge in [0.2, 0.25) is 0 Å². The molecule has 2 aromatic carbocycles. The molecule has 3 rings (SSSR count). The molecule has 1 aliphatic heterocycles. The van der Waals surface area contributed by atoms with Gasteiger partial charge in [0.15, 0.2) is 0 Å². The van der Waals surface area contributed by atoms with Crippen LogP contribution >= 0.6 is 0 Å². The van der Waals surface area contributed by atoms with Gasteiger partial charge in [-0.05, 0) is 55.5 Å². The number of carbonyl (C=O) groups excluding carboxylic acids is 1. The van der Waals surface area contributed by atoms with Crippen LogP contribution in [0.25, 0.3) is 0 Å². The predicted octanol–water partition coefficient (Wildman–Crippen LogP) is 3.59. The standard InChI is InChI=1S/C21H24FNO2/c1-16-5-2-3-6-19(16)20(25)23-12-4-11-21(14-23,15-24)13-17-7-9-18(22)10-8-17/h2-3,5-10,24H,4,11-15H2,1H3/t21-/m1/s1. The number of aliphatic hydroxyl groups excluding tert-OH is 1. The van der Waals surface area contributed by atoms with E-state index >= 15 is 0 Å². The van der Waals surface area contributed by atoms with E-state index in [-0.39, 0.29) is 23.7 Å². The Morgan fingerprint density at radius 3 is 2.60 bits per heavy atom. The summed E-state index contributed by atoms with van der Waals surface area (Å²) in [5.41, 5.74) is 2.30. The van der Waals surface area contributed by atoms with Gasteiger partial charge in [0, 0.05) is 24.1 Å². The summed E-state index contributed by atoms with van der Waals surface area (Å²) in [5, 5.41) is 10.1. The van der Waals surface area contributed by atoms with Crippen molar-refractivity contribution < 1.29 is 14.3 Å². The van der Waals surface area contributed by atoms with Crippen molar-refractivity contribution in [3.8, 4) is 0 Å². The lowest BCUT2D eigenvalue weighted by molar-refractivity contribution is 0.0271. The highest BCUT2D eigenvalue weighted by molar-refractivity contribution is 5.95. The Morgan fingerprint density at radius 2 is 1.92 bits per heavy atom. The van der Waals surface area contributed by atoms with Crippen molar-refractivity contribution in [1.82, 2.24) is 4.90 Å². The molecule has 2 aromatic rings. The van der Waals surface area contributed by atoms with Gasteiger partial charge in [-0.1, -0.05) is 30.3 Å². The van der Waals surface area contributed by atoms with E-state index in [1.807, 2.05) is 36.1 Å². The number of amides is 1. The number of halogens is 1. The average Bonchev–Trinajstić information content (AvgIpc) is 2.64. The first kappa shape index (κ1) is 17.6. The lowest BCUT2D eigenvalue weighted by Gasteiger charge is -2.42. The number of benzene rings is 2. The molecular formula is C21H24FNO2. The second kappa shape index (κ2) is 7.36. The van der Waals surface area contributed by atoms with E-state index in [0.717, 1.165) is 29.5 Å². The molecule has 1 heterocycles. The summed E-state index contributed by atoms with van der Waals surface area (Å²) >= 11 is 0. The number of aryl methyl sites for hydroxylation is 1. The smallest absolute Gasteiger partial charge is 0.254 e. The molecule has 0 unspecified atom stereocenters. The highest BCUT2D eigenvalue weighted by atomic mass is 19.1. The second-order valence-electron chi connectivity index (χ2n) is 7.11. The summed E-state index contributed by atoms with van der Waals surface area (Å²) in [6.07, 6.45) is 2.36. The van der Waals surface area contributed by atoms with Crippen LogP contribution in [0.2, 0.25) is 0 Å². The third-order valence-corrected chi connectivity index (χ3v) is 5.15. The Bertz CT molecular complexity index is 744. The molecule has 132 valence electrons. The molecule has 1 atom stereocenters. The van der Waals surface area contributed by atoms with E-state index in [1.165, 1.54) is 12.1 Å². The van der Waals surface area contributed by atoms with Crippen molar-refractivity contribution in [1.29, 1.82) is 0 Å². The van der Waals surface area contributed by atoms with Gasteiger partial charge in [-0.15, -0.1) is 0 Å². The zero-order valence-electron chi connectivity index (χ0n) is 14.5. The third kappa shape index (κ3) is 3.90. The van der Waals surface area contributed by atoms with Gasteiger partial charge in [-0.2, -0.15) is 0 Å². The molecule has 1 aliphatic rings. The first-order valence-corrected chi connectivity index (χ1v) is 8.73. The van der Waals surface area contributed by atoms with Crippen LogP contribution < -0.4 is 0 Å². The van der Waals surface area contributed by atoms with Crippen LogP contribution in [0.1, 0.15) is 34.3 Å². The lowest BCUT2D eigenvalue weighted by atomic mass is 9.75. The maximum Gasteiger partial charge on any atom is 0.254 e. The van der Waals surface area contributed by atoms with Crippen LogP contribution in [-0.2, 0) is 6.42 Å². The fraction of sp³-hybridized carbons (Fsp3) is 0.381. The molecule has 0 bridgehead atoms. The van der Waals surface area contributed by atoms with Crippen molar-refractivity contribution in [3.63, 3.8) is 0 Å². The summed E-state index contributed by atoms with van der Waals surface area (Å²) in [6, 6.07) is 14.0. The maximum absolute atomic E-state index is 13.1. The Hall–Kier alpha value is -2.20. The van der Waals surface area contributed by atoms with E-state index in [9.17, 15) is 14.3 Å². The van der Waals surface area contributed by atoms with Gasteiger partial charge >= 0.3 is 0 Å². The van der Waals surface area contributed by atoms with Crippen molar-refractivity contribution in [2.24, 2.45) is 5.41 Å². The van der Waals surface area contributed by atoms with Gasteiger partial charge in [0.05, 0.1) is 6.61 Å². The van der Waals surface area contributed by atoms with Crippen molar-refractivity contribution in [2.75, 3.05) is 19.7 Å². The Kier molecular flexibility index (Phi) is 5.19. The summed E-state index contributed by atoms with van der Waals surface area (Å²) in [4.78, 5) is 14.8. The minimum absolute atomic E-state index is 0.0158. The van der Waals surface area contributed by atoms with E-state index in [1.54, 1.807) is 12.1 Å². The van der Waals surface area contributed by atoms with Gasteiger partial charge < -0.3 is 10.0 Å². The summed E-state index contributed by atoms with van der Waals surface area (Å²) < 4.78 is 13.1. The average molecular weight is 341 g/mol. The molecule has 1 saturated heterocycles. The molecule has 0 radical (unpaired) electrons. The fourth-order valence-corrected chi connectivity index (χ4v) is 3.73. The SMILES string of the molecule is Cc1ccccc1C(=O)N1CCC[C@@](CO)(Cc2ccc(F)cc2)C1. The molecule has 1 amide bonds. The number of hydrogen-bond donors (Lipinski definition) is 1. The highest BCUT2D eigenvalue weighted by Crippen LogP contribution is 2.34. The zero-order chi connectivity index (χ0) is 17.9. The summed E-state index contributed by atoms with van der Waals surface area (Å²) in [6.45, 7) is 3.18. The summed E-state index contributed by atoms with van der Waals surface area (Å²) in [7, 11) is 0. The van der Waals surface area contributed by atoms with E-state index in [4.69, 9.17) is 0 Å². The minimum atomic E-state index is -0.367. The van der Waals surface area contributed by atoms with Gasteiger partial charge in [0.1, 0.15) is 5.82 Å². The molecule has 4 heteroatoms. The first-order chi connectivity index (χ1) is 12.0.